The molecule has 2 aromatic heterocycles. The number of aromatic amines is 3. The van der Waals surface area contributed by atoms with Crippen LogP contribution in [0.4, 0.5) is 0 Å². The number of H-pyrrole nitrogens is 3. The van der Waals surface area contributed by atoms with Crippen LogP contribution >= 0.6 is 0 Å². The van der Waals surface area contributed by atoms with Gasteiger partial charge in [0.15, 0.2) is 5.65 Å². The van der Waals surface area contributed by atoms with E-state index in [1.54, 1.807) is 0 Å². The van der Waals surface area contributed by atoms with E-state index in [1.807, 2.05) is 0 Å². The zero-order chi connectivity index (χ0) is 12.5. The normalized spacial score (nSPS) is 19.7. The number of aromatic nitrogens is 4. The van der Waals surface area contributed by atoms with E-state index in [4.69, 9.17) is 0 Å². The number of nitrogens with one attached hydrogen (secondary N) is 4. The van der Waals surface area contributed by atoms with Crippen molar-refractivity contribution in [1.82, 2.24) is 25.3 Å². The second-order valence-corrected chi connectivity index (χ2v) is 4.71. The van der Waals surface area contributed by atoms with Gasteiger partial charge in [-0.25, -0.2) is 9.78 Å². The van der Waals surface area contributed by atoms with Gasteiger partial charge in [-0.15, -0.1) is 0 Å². The van der Waals surface area contributed by atoms with E-state index in [1.165, 1.54) is 6.42 Å². The molecular formula is C11H15N5O2. The average molecular weight is 249 g/mol. The van der Waals surface area contributed by atoms with Crippen molar-refractivity contribution in [3.8, 4) is 0 Å². The van der Waals surface area contributed by atoms with Gasteiger partial charge >= 0.3 is 5.69 Å². The largest absolute Gasteiger partial charge is 0.336 e. The van der Waals surface area contributed by atoms with E-state index in [0.717, 1.165) is 31.8 Å². The fourth-order valence-corrected chi connectivity index (χ4v) is 2.40. The predicted octanol–water partition coefficient (Wildman–Crippen LogP) is -0.518. The molecule has 7 nitrogen and oxygen atoms in total. The molecule has 96 valence electrons. The van der Waals surface area contributed by atoms with E-state index in [0.29, 0.717) is 17.1 Å². The lowest BCUT2D eigenvalue weighted by atomic mass is 10.0. The molecule has 0 radical (unpaired) electrons. The lowest BCUT2D eigenvalue weighted by Crippen LogP contribution is -2.21. The third kappa shape index (κ3) is 2.08. The van der Waals surface area contributed by atoms with E-state index in [-0.39, 0.29) is 0 Å². The Balaban J connectivity index is 1.82. The number of imidazole rings is 1. The zero-order valence-electron chi connectivity index (χ0n) is 9.88. The lowest BCUT2D eigenvalue weighted by molar-refractivity contribution is 0.526. The van der Waals surface area contributed by atoms with Gasteiger partial charge in [0.1, 0.15) is 11.3 Å². The summed E-state index contributed by atoms with van der Waals surface area (Å²) in [6.07, 6.45) is 3.02. The first-order chi connectivity index (χ1) is 8.72. The van der Waals surface area contributed by atoms with Crippen molar-refractivity contribution < 1.29 is 0 Å². The molecule has 4 N–H and O–H groups in total. The average Bonchev–Trinajstić information content (AvgIpc) is 2.93. The van der Waals surface area contributed by atoms with Crippen molar-refractivity contribution in [2.24, 2.45) is 5.92 Å². The molecule has 0 bridgehead atoms. The maximum atomic E-state index is 11.5. The van der Waals surface area contributed by atoms with Crippen LogP contribution < -0.4 is 16.6 Å². The summed E-state index contributed by atoms with van der Waals surface area (Å²) in [5, 5.41) is 3.32. The SMILES string of the molecule is O=c1[nH]c(=O)c2[nH]c(CCC3CCNC3)nc2[nH]1. The highest BCUT2D eigenvalue weighted by Gasteiger charge is 2.15. The highest BCUT2D eigenvalue weighted by atomic mass is 16.2. The van der Waals surface area contributed by atoms with Gasteiger partial charge in [-0.3, -0.25) is 14.8 Å². The van der Waals surface area contributed by atoms with Crippen LogP contribution in [0, 0.1) is 5.92 Å². The summed E-state index contributed by atoms with van der Waals surface area (Å²) in [6, 6.07) is 0. The smallest absolute Gasteiger partial charge is 0.327 e. The second-order valence-electron chi connectivity index (χ2n) is 4.71. The van der Waals surface area contributed by atoms with Gasteiger partial charge in [0, 0.05) is 6.42 Å². The maximum Gasteiger partial charge on any atom is 0.327 e. The molecule has 1 unspecified atom stereocenters. The van der Waals surface area contributed by atoms with E-state index >= 15 is 0 Å². The molecule has 3 rings (SSSR count). The molecule has 0 spiro atoms. The van der Waals surface area contributed by atoms with Crippen LogP contribution in [0.2, 0.25) is 0 Å². The van der Waals surface area contributed by atoms with Crippen LogP contribution in [0.15, 0.2) is 9.59 Å². The molecule has 1 aliphatic heterocycles. The summed E-state index contributed by atoms with van der Waals surface area (Å²) < 4.78 is 0. The maximum absolute atomic E-state index is 11.5. The van der Waals surface area contributed by atoms with Gasteiger partial charge < -0.3 is 10.3 Å². The Morgan fingerprint density at radius 2 is 2.11 bits per heavy atom. The quantitative estimate of drug-likeness (QED) is 0.587. The molecule has 1 fully saturated rings. The molecule has 18 heavy (non-hydrogen) atoms. The Labute approximate surface area is 102 Å². The number of hydrogen-bond acceptors (Lipinski definition) is 4. The van der Waals surface area contributed by atoms with Crippen molar-refractivity contribution >= 4 is 11.2 Å². The summed E-state index contributed by atoms with van der Waals surface area (Å²) in [6.45, 7) is 2.13. The number of fused-ring (bicyclic) bond motifs is 1. The molecule has 1 atom stereocenters. The van der Waals surface area contributed by atoms with Gasteiger partial charge in [-0.05, 0) is 31.8 Å². The van der Waals surface area contributed by atoms with Crippen molar-refractivity contribution in [3.63, 3.8) is 0 Å². The molecule has 0 aliphatic carbocycles. The zero-order valence-corrected chi connectivity index (χ0v) is 9.88. The van der Waals surface area contributed by atoms with Crippen molar-refractivity contribution in [1.29, 1.82) is 0 Å². The summed E-state index contributed by atoms with van der Waals surface area (Å²) in [5.41, 5.74) is -0.266. The first-order valence-corrected chi connectivity index (χ1v) is 6.14. The van der Waals surface area contributed by atoms with Crippen molar-refractivity contribution in [2.45, 2.75) is 19.3 Å². The Kier molecular flexibility index (Phi) is 2.75. The molecule has 0 saturated carbocycles. The number of rotatable bonds is 3. The highest BCUT2D eigenvalue weighted by Crippen LogP contribution is 2.15. The van der Waals surface area contributed by atoms with Gasteiger partial charge in [0.2, 0.25) is 0 Å². The summed E-state index contributed by atoms with van der Waals surface area (Å²) >= 11 is 0. The van der Waals surface area contributed by atoms with Crippen LogP contribution in [0.3, 0.4) is 0 Å². The summed E-state index contributed by atoms with van der Waals surface area (Å²) in [5.74, 6) is 1.43. The summed E-state index contributed by atoms with van der Waals surface area (Å²) in [7, 11) is 0. The number of hydrogen-bond donors (Lipinski definition) is 4. The lowest BCUT2D eigenvalue weighted by Gasteiger charge is -2.04. The molecule has 1 saturated heterocycles. The van der Waals surface area contributed by atoms with Crippen molar-refractivity contribution in [3.05, 3.63) is 26.7 Å². The molecule has 0 amide bonds. The van der Waals surface area contributed by atoms with E-state index in [9.17, 15) is 9.59 Å². The minimum atomic E-state index is -0.523. The fourth-order valence-electron chi connectivity index (χ4n) is 2.40. The molecule has 1 aliphatic rings. The van der Waals surface area contributed by atoms with Crippen LogP contribution in [0.5, 0.6) is 0 Å². The van der Waals surface area contributed by atoms with E-state index < -0.39 is 11.2 Å². The van der Waals surface area contributed by atoms with Gasteiger partial charge in [-0.1, -0.05) is 0 Å². The minimum Gasteiger partial charge on any atom is -0.336 e. The Bertz CT molecular complexity index is 662. The third-order valence-electron chi connectivity index (χ3n) is 3.39. The molecule has 0 aromatic carbocycles. The van der Waals surface area contributed by atoms with Gasteiger partial charge in [0.05, 0.1) is 0 Å². The molecular weight excluding hydrogens is 234 g/mol. The van der Waals surface area contributed by atoms with E-state index in [2.05, 4.69) is 25.3 Å². The fraction of sp³-hybridized carbons (Fsp3) is 0.545. The molecule has 3 heterocycles. The first kappa shape index (κ1) is 11.2. The second kappa shape index (κ2) is 4.41. The van der Waals surface area contributed by atoms with Gasteiger partial charge in [-0.2, -0.15) is 0 Å². The van der Waals surface area contributed by atoms with Crippen molar-refractivity contribution in [2.75, 3.05) is 13.1 Å². The number of nitrogens with zero attached hydrogens (tertiary/aromatic N) is 1. The van der Waals surface area contributed by atoms with Crippen LogP contribution in [0.25, 0.3) is 11.2 Å². The monoisotopic (exact) mass is 249 g/mol. The number of aryl methyl sites for hydroxylation is 1. The molecule has 7 heteroatoms. The van der Waals surface area contributed by atoms with Crippen LogP contribution in [0.1, 0.15) is 18.7 Å². The summed E-state index contributed by atoms with van der Waals surface area (Å²) in [4.78, 5) is 34.5. The molecule has 2 aromatic rings. The predicted molar refractivity (Wildman–Crippen MR) is 66.6 cm³/mol. The van der Waals surface area contributed by atoms with Crippen LogP contribution in [-0.4, -0.2) is 33.0 Å². The Morgan fingerprint density at radius 1 is 1.22 bits per heavy atom. The third-order valence-corrected chi connectivity index (χ3v) is 3.39. The Hall–Kier alpha value is -1.89. The Morgan fingerprint density at radius 3 is 2.89 bits per heavy atom. The standard InChI is InChI=1S/C11H15N5O2/c17-10-8-9(15-11(18)16-10)14-7(13-8)2-1-6-3-4-12-5-6/h6,12H,1-5H2,(H3,13,14,15,16,17,18). The topological polar surface area (TPSA) is 106 Å². The minimum absolute atomic E-state index is 0.336. The van der Waals surface area contributed by atoms with Gasteiger partial charge in [0.25, 0.3) is 5.56 Å². The van der Waals surface area contributed by atoms with Crippen LogP contribution in [-0.2, 0) is 6.42 Å². The highest BCUT2D eigenvalue weighted by molar-refractivity contribution is 5.68. The first-order valence-electron chi connectivity index (χ1n) is 6.14.